The number of amides is 1. The van der Waals surface area contributed by atoms with E-state index in [4.69, 9.17) is 9.47 Å². The van der Waals surface area contributed by atoms with E-state index >= 15 is 0 Å². The highest BCUT2D eigenvalue weighted by Crippen LogP contribution is 2.32. The first-order valence-electron chi connectivity index (χ1n) is 7.09. The molecule has 0 bridgehead atoms. The van der Waals surface area contributed by atoms with Crippen molar-refractivity contribution in [2.45, 2.75) is 0 Å². The van der Waals surface area contributed by atoms with Crippen molar-refractivity contribution < 1.29 is 14.3 Å². The number of nitrogens with one attached hydrogen (secondary N) is 1. The number of carbonyl (C=O) groups excluding carboxylic acids is 1. The summed E-state index contributed by atoms with van der Waals surface area (Å²) in [7, 11) is 0. The minimum absolute atomic E-state index is 0.253. The Kier molecular flexibility index (Phi) is 3.47. The summed E-state index contributed by atoms with van der Waals surface area (Å²) in [5.41, 5.74) is 1.03. The standard InChI is InChI=1S/C16H13N3O3S/c20-15(12-10-23-16(18-12)19-5-1-2-6-19)17-11-3-4-13-14(9-11)22-8-7-21-13/h1-6,9-10H,7-8H2,(H,17,20). The van der Waals surface area contributed by atoms with E-state index in [-0.39, 0.29) is 5.91 Å². The van der Waals surface area contributed by atoms with Crippen molar-refractivity contribution in [3.05, 3.63) is 53.8 Å². The molecule has 23 heavy (non-hydrogen) atoms. The summed E-state index contributed by atoms with van der Waals surface area (Å²) in [6.45, 7) is 1.05. The Morgan fingerprint density at radius 2 is 1.96 bits per heavy atom. The first-order chi connectivity index (χ1) is 11.3. The first kappa shape index (κ1) is 13.8. The predicted molar refractivity (Wildman–Crippen MR) is 86.8 cm³/mol. The number of hydrogen-bond donors (Lipinski definition) is 1. The van der Waals surface area contributed by atoms with Gasteiger partial charge in [0.05, 0.1) is 0 Å². The van der Waals surface area contributed by atoms with Gasteiger partial charge in [-0.15, -0.1) is 11.3 Å². The van der Waals surface area contributed by atoms with Gasteiger partial charge in [0.15, 0.2) is 16.6 Å². The van der Waals surface area contributed by atoms with Gasteiger partial charge in [0.2, 0.25) is 0 Å². The largest absolute Gasteiger partial charge is 0.486 e. The van der Waals surface area contributed by atoms with E-state index in [1.807, 2.05) is 29.1 Å². The van der Waals surface area contributed by atoms with Crippen LogP contribution in [0.4, 0.5) is 5.69 Å². The monoisotopic (exact) mass is 327 g/mol. The maximum absolute atomic E-state index is 12.3. The summed E-state index contributed by atoms with van der Waals surface area (Å²) in [5, 5.41) is 5.32. The Morgan fingerprint density at radius 3 is 2.78 bits per heavy atom. The summed E-state index contributed by atoms with van der Waals surface area (Å²) in [6, 6.07) is 9.15. The summed E-state index contributed by atoms with van der Waals surface area (Å²) in [6.07, 6.45) is 3.78. The molecule has 1 aliphatic rings. The molecule has 0 spiro atoms. The quantitative estimate of drug-likeness (QED) is 0.803. The minimum atomic E-state index is -0.253. The van der Waals surface area contributed by atoms with Gasteiger partial charge in [-0.2, -0.15) is 0 Å². The molecule has 0 radical (unpaired) electrons. The van der Waals surface area contributed by atoms with Crippen LogP contribution < -0.4 is 14.8 Å². The van der Waals surface area contributed by atoms with Crippen molar-refractivity contribution in [1.82, 2.24) is 9.55 Å². The second kappa shape index (κ2) is 5.77. The van der Waals surface area contributed by atoms with Gasteiger partial charge in [0.25, 0.3) is 5.91 Å². The third-order valence-corrected chi connectivity index (χ3v) is 4.20. The van der Waals surface area contributed by atoms with Gasteiger partial charge in [0, 0.05) is 29.5 Å². The number of benzene rings is 1. The number of ether oxygens (including phenoxy) is 2. The third kappa shape index (κ3) is 2.78. The zero-order valence-corrected chi connectivity index (χ0v) is 12.9. The molecule has 1 aliphatic heterocycles. The number of fused-ring (bicyclic) bond motifs is 1. The Morgan fingerprint density at radius 1 is 1.17 bits per heavy atom. The van der Waals surface area contributed by atoms with Gasteiger partial charge >= 0.3 is 0 Å². The Labute approximate surface area is 136 Å². The molecule has 0 saturated carbocycles. The lowest BCUT2D eigenvalue weighted by molar-refractivity contribution is 0.102. The molecule has 0 unspecified atom stereocenters. The number of thiazole rings is 1. The summed E-state index contributed by atoms with van der Waals surface area (Å²) < 4.78 is 12.8. The van der Waals surface area contributed by atoms with Crippen molar-refractivity contribution in [2.75, 3.05) is 18.5 Å². The summed E-state index contributed by atoms with van der Waals surface area (Å²) >= 11 is 1.42. The maximum atomic E-state index is 12.3. The lowest BCUT2D eigenvalue weighted by Crippen LogP contribution is -2.16. The Hall–Kier alpha value is -2.80. The summed E-state index contributed by atoms with van der Waals surface area (Å²) in [4.78, 5) is 16.7. The fourth-order valence-electron chi connectivity index (χ4n) is 2.27. The molecule has 1 amide bonds. The van der Waals surface area contributed by atoms with Gasteiger partial charge in [-0.1, -0.05) is 0 Å². The first-order valence-corrected chi connectivity index (χ1v) is 7.97. The molecular formula is C16H13N3O3S. The van der Waals surface area contributed by atoms with Gasteiger partial charge < -0.3 is 19.4 Å². The van der Waals surface area contributed by atoms with Crippen molar-refractivity contribution in [3.63, 3.8) is 0 Å². The van der Waals surface area contributed by atoms with E-state index < -0.39 is 0 Å². The van der Waals surface area contributed by atoms with Crippen LogP contribution in [0, 0.1) is 0 Å². The van der Waals surface area contributed by atoms with Gasteiger partial charge in [0.1, 0.15) is 18.9 Å². The second-order valence-electron chi connectivity index (χ2n) is 4.92. The molecule has 3 aromatic rings. The molecule has 1 aromatic carbocycles. The normalized spacial score (nSPS) is 12.9. The van der Waals surface area contributed by atoms with Crippen molar-refractivity contribution in [1.29, 1.82) is 0 Å². The van der Waals surface area contributed by atoms with Crippen LogP contribution in [0.25, 0.3) is 5.13 Å². The number of rotatable bonds is 3. The molecule has 6 nitrogen and oxygen atoms in total. The van der Waals surface area contributed by atoms with Crippen LogP contribution >= 0.6 is 11.3 Å². The van der Waals surface area contributed by atoms with Gasteiger partial charge in [-0.25, -0.2) is 4.98 Å². The Bertz CT molecular complexity index is 842. The smallest absolute Gasteiger partial charge is 0.275 e. The van der Waals surface area contributed by atoms with Crippen LogP contribution in [0.15, 0.2) is 48.1 Å². The molecule has 116 valence electrons. The van der Waals surface area contributed by atoms with Crippen molar-refractivity contribution >= 4 is 22.9 Å². The van der Waals surface area contributed by atoms with Crippen LogP contribution in [0.2, 0.25) is 0 Å². The molecule has 1 N–H and O–H groups in total. The Balaban J connectivity index is 1.52. The number of carbonyl (C=O) groups is 1. The zero-order valence-electron chi connectivity index (χ0n) is 12.1. The van der Waals surface area contributed by atoms with Gasteiger partial charge in [-0.05, 0) is 24.3 Å². The average Bonchev–Trinajstić information content (AvgIpc) is 3.26. The van der Waals surface area contributed by atoms with E-state index in [0.717, 1.165) is 5.13 Å². The van der Waals surface area contributed by atoms with E-state index in [0.29, 0.717) is 36.1 Å². The lowest BCUT2D eigenvalue weighted by Gasteiger charge is -2.18. The number of aromatic nitrogens is 2. The van der Waals surface area contributed by atoms with Gasteiger partial charge in [-0.3, -0.25) is 4.79 Å². The van der Waals surface area contributed by atoms with Crippen molar-refractivity contribution in [3.8, 4) is 16.6 Å². The lowest BCUT2D eigenvalue weighted by atomic mass is 10.2. The topological polar surface area (TPSA) is 65.4 Å². The number of nitrogens with zero attached hydrogens (tertiary/aromatic N) is 2. The molecule has 0 fully saturated rings. The van der Waals surface area contributed by atoms with E-state index in [1.54, 1.807) is 23.6 Å². The molecule has 0 saturated heterocycles. The summed E-state index contributed by atoms with van der Waals surface area (Å²) in [5.74, 6) is 1.08. The van der Waals surface area contributed by atoms with E-state index in [9.17, 15) is 4.79 Å². The van der Waals surface area contributed by atoms with Crippen molar-refractivity contribution in [2.24, 2.45) is 0 Å². The van der Waals surface area contributed by atoms with E-state index in [2.05, 4.69) is 10.3 Å². The third-order valence-electron chi connectivity index (χ3n) is 3.35. The average molecular weight is 327 g/mol. The molecule has 0 atom stereocenters. The fourth-order valence-corrected chi connectivity index (χ4v) is 3.04. The maximum Gasteiger partial charge on any atom is 0.275 e. The van der Waals surface area contributed by atoms with Crippen LogP contribution in [-0.2, 0) is 0 Å². The molecular weight excluding hydrogens is 314 g/mol. The highest BCUT2D eigenvalue weighted by atomic mass is 32.1. The molecule has 3 heterocycles. The van der Waals surface area contributed by atoms with Crippen LogP contribution in [0.1, 0.15) is 10.5 Å². The second-order valence-corrected chi connectivity index (χ2v) is 5.75. The SMILES string of the molecule is O=C(Nc1ccc2c(c1)OCCO2)c1csc(-n2cccc2)n1. The number of anilines is 1. The zero-order chi connectivity index (χ0) is 15.6. The predicted octanol–water partition coefficient (Wildman–Crippen LogP) is 2.96. The molecule has 0 aliphatic carbocycles. The van der Waals surface area contributed by atoms with Crippen LogP contribution in [0.3, 0.4) is 0 Å². The highest BCUT2D eigenvalue weighted by Gasteiger charge is 2.15. The van der Waals surface area contributed by atoms with E-state index in [1.165, 1.54) is 11.3 Å². The number of hydrogen-bond acceptors (Lipinski definition) is 5. The highest BCUT2D eigenvalue weighted by molar-refractivity contribution is 7.12. The van der Waals surface area contributed by atoms with Crippen LogP contribution in [0.5, 0.6) is 11.5 Å². The van der Waals surface area contributed by atoms with Crippen LogP contribution in [-0.4, -0.2) is 28.7 Å². The minimum Gasteiger partial charge on any atom is -0.486 e. The molecule has 2 aromatic heterocycles. The fraction of sp³-hybridized carbons (Fsp3) is 0.125. The molecule has 4 rings (SSSR count). The molecule has 7 heteroatoms.